The van der Waals surface area contributed by atoms with Crippen molar-refractivity contribution in [3.05, 3.63) is 29.8 Å². The highest BCUT2D eigenvalue weighted by molar-refractivity contribution is 5.94. The highest BCUT2D eigenvalue weighted by Gasteiger charge is 2.20. The van der Waals surface area contributed by atoms with Crippen molar-refractivity contribution in [2.45, 2.75) is 33.1 Å². The van der Waals surface area contributed by atoms with Crippen LogP contribution in [0.3, 0.4) is 0 Å². The molecule has 1 aliphatic rings. The SMILES string of the molecule is CC(=O)Oc1cccc(C(=O)N2CCCC(C)CC2)c1. The van der Waals surface area contributed by atoms with Gasteiger partial charge in [-0.1, -0.05) is 13.0 Å². The summed E-state index contributed by atoms with van der Waals surface area (Å²) in [7, 11) is 0. The Labute approximate surface area is 119 Å². The normalized spacial score (nSPS) is 19.3. The van der Waals surface area contributed by atoms with Gasteiger partial charge in [0, 0.05) is 25.6 Å². The first-order valence-corrected chi connectivity index (χ1v) is 7.14. The van der Waals surface area contributed by atoms with Gasteiger partial charge < -0.3 is 9.64 Å². The average molecular weight is 275 g/mol. The Hall–Kier alpha value is -1.84. The molecule has 0 aliphatic carbocycles. The highest BCUT2D eigenvalue weighted by atomic mass is 16.5. The van der Waals surface area contributed by atoms with Crippen LogP contribution in [0.15, 0.2) is 24.3 Å². The van der Waals surface area contributed by atoms with Gasteiger partial charge in [-0.2, -0.15) is 0 Å². The van der Waals surface area contributed by atoms with Crippen LogP contribution in [0.4, 0.5) is 0 Å². The van der Waals surface area contributed by atoms with Crippen LogP contribution < -0.4 is 4.74 Å². The summed E-state index contributed by atoms with van der Waals surface area (Å²) in [5.41, 5.74) is 0.582. The van der Waals surface area contributed by atoms with Crippen LogP contribution in [0, 0.1) is 5.92 Å². The first kappa shape index (κ1) is 14.6. The van der Waals surface area contributed by atoms with E-state index in [2.05, 4.69) is 6.92 Å². The molecule has 1 saturated heterocycles. The summed E-state index contributed by atoms with van der Waals surface area (Å²) < 4.78 is 5.02. The molecule has 4 heteroatoms. The van der Waals surface area contributed by atoms with Crippen molar-refractivity contribution in [1.29, 1.82) is 0 Å². The maximum Gasteiger partial charge on any atom is 0.308 e. The number of hydrogen-bond acceptors (Lipinski definition) is 3. The molecule has 1 unspecified atom stereocenters. The number of ether oxygens (including phenoxy) is 1. The third-order valence-corrected chi connectivity index (χ3v) is 3.65. The zero-order valence-corrected chi connectivity index (χ0v) is 12.1. The van der Waals surface area contributed by atoms with Gasteiger partial charge in [0.15, 0.2) is 0 Å². The maximum atomic E-state index is 12.5. The molecule has 0 saturated carbocycles. The fraction of sp³-hybridized carbons (Fsp3) is 0.500. The number of likely N-dealkylation sites (tertiary alicyclic amines) is 1. The standard InChI is InChI=1S/C16H21NO3/c1-12-5-4-9-17(10-8-12)16(19)14-6-3-7-15(11-14)20-13(2)18/h3,6-7,11-12H,4-5,8-10H2,1-2H3. The Bertz CT molecular complexity index is 498. The van der Waals surface area contributed by atoms with Crippen molar-refractivity contribution in [2.75, 3.05) is 13.1 Å². The summed E-state index contributed by atoms with van der Waals surface area (Å²) in [5, 5.41) is 0. The van der Waals surface area contributed by atoms with Crippen LogP contribution in [-0.4, -0.2) is 29.9 Å². The van der Waals surface area contributed by atoms with Crippen molar-refractivity contribution in [3.63, 3.8) is 0 Å². The van der Waals surface area contributed by atoms with Gasteiger partial charge in [-0.15, -0.1) is 0 Å². The Morgan fingerprint density at radius 2 is 2.05 bits per heavy atom. The number of hydrogen-bond donors (Lipinski definition) is 0. The maximum absolute atomic E-state index is 12.5. The van der Waals surface area contributed by atoms with E-state index in [0.29, 0.717) is 17.2 Å². The second-order valence-corrected chi connectivity index (χ2v) is 5.45. The largest absolute Gasteiger partial charge is 0.427 e. The molecule has 1 fully saturated rings. The van der Waals surface area contributed by atoms with E-state index in [1.807, 2.05) is 4.90 Å². The van der Waals surface area contributed by atoms with Crippen LogP contribution in [-0.2, 0) is 4.79 Å². The van der Waals surface area contributed by atoms with E-state index < -0.39 is 0 Å². The first-order valence-electron chi connectivity index (χ1n) is 7.14. The minimum absolute atomic E-state index is 0.0214. The van der Waals surface area contributed by atoms with E-state index in [4.69, 9.17) is 4.74 Å². The van der Waals surface area contributed by atoms with Crippen molar-refractivity contribution < 1.29 is 14.3 Å². The smallest absolute Gasteiger partial charge is 0.308 e. The fourth-order valence-corrected chi connectivity index (χ4v) is 2.51. The molecule has 108 valence electrons. The second-order valence-electron chi connectivity index (χ2n) is 5.45. The molecule has 1 heterocycles. The van der Waals surface area contributed by atoms with Gasteiger partial charge in [-0.05, 0) is 43.4 Å². The average Bonchev–Trinajstić information content (AvgIpc) is 2.62. The summed E-state index contributed by atoms with van der Waals surface area (Å²) in [6.45, 7) is 5.19. The molecule has 4 nitrogen and oxygen atoms in total. The molecule has 2 rings (SSSR count). The number of esters is 1. The Morgan fingerprint density at radius 3 is 2.80 bits per heavy atom. The van der Waals surface area contributed by atoms with E-state index in [1.54, 1.807) is 24.3 Å². The lowest BCUT2D eigenvalue weighted by Gasteiger charge is -2.20. The Kier molecular flexibility index (Phi) is 4.77. The molecule has 0 bridgehead atoms. The lowest BCUT2D eigenvalue weighted by atomic mass is 10.0. The summed E-state index contributed by atoms with van der Waals surface area (Å²) in [5.74, 6) is 0.748. The minimum Gasteiger partial charge on any atom is -0.427 e. The number of amides is 1. The molecular formula is C16H21NO3. The molecular weight excluding hydrogens is 254 g/mol. The highest BCUT2D eigenvalue weighted by Crippen LogP contribution is 2.20. The summed E-state index contributed by atoms with van der Waals surface area (Å²) >= 11 is 0. The summed E-state index contributed by atoms with van der Waals surface area (Å²) in [4.78, 5) is 25.3. The van der Waals surface area contributed by atoms with Crippen molar-refractivity contribution in [3.8, 4) is 5.75 Å². The topological polar surface area (TPSA) is 46.6 Å². The van der Waals surface area contributed by atoms with E-state index in [0.717, 1.165) is 25.9 Å². The predicted molar refractivity (Wildman–Crippen MR) is 76.7 cm³/mol. The lowest BCUT2D eigenvalue weighted by molar-refractivity contribution is -0.131. The third kappa shape index (κ3) is 3.83. The van der Waals surface area contributed by atoms with Crippen molar-refractivity contribution >= 4 is 11.9 Å². The quantitative estimate of drug-likeness (QED) is 0.616. The molecule has 0 spiro atoms. The van der Waals surface area contributed by atoms with Crippen LogP contribution in [0.2, 0.25) is 0 Å². The van der Waals surface area contributed by atoms with Crippen LogP contribution >= 0.6 is 0 Å². The molecule has 1 aliphatic heterocycles. The zero-order valence-electron chi connectivity index (χ0n) is 12.1. The number of benzene rings is 1. The number of carbonyl (C=O) groups excluding carboxylic acids is 2. The molecule has 0 N–H and O–H groups in total. The van der Waals surface area contributed by atoms with E-state index in [-0.39, 0.29) is 11.9 Å². The van der Waals surface area contributed by atoms with Gasteiger partial charge in [0.1, 0.15) is 5.75 Å². The van der Waals surface area contributed by atoms with Gasteiger partial charge in [-0.25, -0.2) is 0 Å². The predicted octanol–water partition coefficient (Wildman–Crippen LogP) is 2.87. The molecule has 1 aromatic rings. The third-order valence-electron chi connectivity index (χ3n) is 3.65. The van der Waals surface area contributed by atoms with Gasteiger partial charge in [0.25, 0.3) is 5.91 Å². The Balaban J connectivity index is 2.10. The molecule has 0 radical (unpaired) electrons. The summed E-state index contributed by atoms with van der Waals surface area (Å²) in [6.07, 6.45) is 3.28. The number of carbonyl (C=O) groups is 2. The minimum atomic E-state index is -0.377. The van der Waals surface area contributed by atoms with E-state index in [9.17, 15) is 9.59 Å². The van der Waals surface area contributed by atoms with E-state index >= 15 is 0 Å². The van der Waals surface area contributed by atoms with Gasteiger partial charge in [0.05, 0.1) is 0 Å². The molecule has 0 aromatic heterocycles. The Morgan fingerprint density at radius 1 is 1.25 bits per heavy atom. The van der Waals surface area contributed by atoms with E-state index in [1.165, 1.54) is 13.3 Å². The zero-order chi connectivity index (χ0) is 14.5. The van der Waals surface area contributed by atoms with Gasteiger partial charge >= 0.3 is 5.97 Å². The first-order chi connectivity index (χ1) is 9.56. The molecule has 1 atom stereocenters. The van der Waals surface area contributed by atoms with Crippen LogP contribution in [0.1, 0.15) is 43.5 Å². The monoisotopic (exact) mass is 275 g/mol. The van der Waals surface area contributed by atoms with Crippen LogP contribution in [0.25, 0.3) is 0 Å². The molecule has 1 aromatic carbocycles. The fourth-order valence-electron chi connectivity index (χ4n) is 2.51. The summed E-state index contributed by atoms with van der Waals surface area (Å²) in [6, 6.07) is 6.83. The second kappa shape index (κ2) is 6.55. The molecule has 20 heavy (non-hydrogen) atoms. The van der Waals surface area contributed by atoms with Crippen LogP contribution in [0.5, 0.6) is 5.75 Å². The molecule has 1 amide bonds. The number of rotatable bonds is 2. The number of nitrogens with zero attached hydrogens (tertiary/aromatic N) is 1. The van der Waals surface area contributed by atoms with Gasteiger partial charge in [-0.3, -0.25) is 9.59 Å². The van der Waals surface area contributed by atoms with Crippen molar-refractivity contribution in [1.82, 2.24) is 4.90 Å². The van der Waals surface area contributed by atoms with Gasteiger partial charge in [0.2, 0.25) is 0 Å². The van der Waals surface area contributed by atoms with Crippen molar-refractivity contribution in [2.24, 2.45) is 5.92 Å². The lowest BCUT2D eigenvalue weighted by Crippen LogP contribution is -2.32.